The maximum absolute atomic E-state index is 8.65. The van der Waals surface area contributed by atoms with Crippen LogP contribution in [0, 0.1) is 5.41 Å². The van der Waals surface area contributed by atoms with Gasteiger partial charge in [0.2, 0.25) is 0 Å². The van der Waals surface area contributed by atoms with E-state index in [4.69, 9.17) is 10.9 Å². The molecule has 18 heavy (non-hydrogen) atoms. The van der Waals surface area contributed by atoms with Crippen molar-refractivity contribution in [3.63, 3.8) is 0 Å². The van der Waals surface area contributed by atoms with E-state index in [0.717, 1.165) is 25.1 Å². The SMILES string of the molecule is CC(C)(CCCNCc1cccnn1)/C(N)=N/O. The van der Waals surface area contributed by atoms with Crippen LogP contribution in [0.15, 0.2) is 23.5 Å². The average molecular weight is 251 g/mol. The van der Waals surface area contributed by atoms with Crippen LogP contribution in [-0.2, 0) is 6.54 Å². The van der Waals surface area contributed by atoms with E-state index in [-0.39, 0.29) is 11.3 Å². The van der Waals surface area contributed by atoms with Crippen molar-refractivity contribution in [3.05, 3.63) is 24.0 Å². The van der Waals surface area contributed by atoms with Crippen LogP contribution >= 0.6 is 0 Å². The summed E-state index contributed by atoms with van der Waals surface area (Å²) in [6.07, 6.45) is 3.46. The van der Waals surface area contributed by atoms with Crippen molar-refractivity contribution in [2.45, 2.75) is 33.2 Å². The molecule has 0 aromatic carbocycles. The Kier molecular flexibility index (Phi) is 5.51. The number of nitrogens with zero attached hydrogens (tertiary/aromatic N) is 3. The van der Waals surface area contributed by atoms with E-state index in [1.54, 1.807) is 6.20 Å². The second-order valence-corrected chi connectivity index (χ2v) is 4.86. The molecule has 1 aromatic rings. The van der Waals surface area contributed by atoms with E-state index < -0.39 is 0 Å². The standard InChI is InChI=1S/C12H21N5O/c1-12(2,11(13)17-18)6-4-7-14-9-10-5-3-8-15-16-10/h3,5,8,14,18H,4,6-7,9H2,1-2H3,(H2,13,17). The van der Waals surface area contributed by atoms with E-state index in [1.165, 1.54) is 0 Å². The Morgan fingerprint density at radius 1 is 1.56 bits per heavy atom. The molecule has 0 amide bonds. The molecule has 0 spiro atoms. The first kappa shape index (κ1) is 14.4. The fourth-order valence-electron chi connectivity index (χ4n) is 1.56. The highest BCUT2D eigenvalue weighted by Crippen LogP contribution is 2.21. The zero-order chi connectivity index (χ0) is 13.4. The first-order valence-electron chi connectivity index (χ1n) is 6.01. The maximum atomic E-state index is 8.65. The fourth-order valence-corrected chi connectivity index (χ4v) is 1.56. The maximum Gasteiger partial charge on any atom is 0.144 e. The molecular formula is C12H21N5O. The summed E-state index contributed by atoms with van der Waals surface area (Å²) < 4.78 is 0. The van der Waals surface area contributed by atoms with E-state index in [1.807, 2.05) is 26.0 Å². The third-order valence-corrected chi connectivity index (χ3v) is 2.89. The Balaban J connectivity index is 2.20. The topological polar surface area (TPSA) is 96.4 Å². The van der Waals surface area contributed by atoms with Crippen LogP contribution in [-0.4, -0.2) is 27.8 Å². The average Bonchev–Trinajstić information content (AvgIpc) is 2.38. The Morgan fingerprint density at radius 2 is 2.33 bits per heavy atom. The summed E-state index contributed by atoms with van der Waals surface area (Å²) in [5.74, 6) is 0.274. The minimum Gasteiger partial charge on any atom is -0.409 e. The molecule has 6 heteroatoms. The Bertz CT molecular complexity index is 377. The molecule has 0 aliphatic rings. The molecule has 1 aromatic heterocycles. The number of hydrogen-bond donors (Lipinski definition) is 3. The largest absolute Gasteiger partial charge is 0.409 e. The highest BCUT2D eigenvalue weighted by atomic mass is 16.4. The van der Waals surface area contributed by atoms with Gasteiger partial charge in [-0.05, 0) is 31.5 Å². The third-order valence-electron chi connectivity index (χ3n) is 2.89. The lowest BCUT2D eigenvalue weighted by Crippen LogP contribution is -2.32. The number of nitrogens with one attached hydrogen (secondary N) is 1. The van der Waals surface area contributed by atoms with Crippen LogP contribution in [0.5, 0.6) is 0 Å². The molecule has 100 valence electrons. The molecule has 0 fully saturated rings. The lowest BCUT2D eigenvalue weighted by Gasteiger charge is -2.22. The molecule has 0 atom stereocenters. The number of nitrogens with two attached hydrogens (primary N) is 1. The molecule has 1 heterocycles. The third kappa shape index (κ3) is 4.67. The summed E-state index contributed by atoms with van der Waals surface area (Å²) in [5, 5.41) is 22.8. The molecule has 6 nitrogen and oxygen atoms in total. The quantitative estimate of drug-likeness (QED) is 0.222. The van der Waals surface area contributed by atoms with Crippen molar-refractivity contribution >= 4 is 5.84 Å². The van der Waals surface area contributed by atoms with E-state index in [9.17, 15) is 0 Å². The van der Waals surface area contributed by atoms with Gasteiger partial charge < -0.3 is 16.3 Å². The second kappa shape index (κ2) is 6.90. The van der Waals surface area contributed by atoms with Gasteiger partial charge in [-0.25, -0.2) is 0 Å². The summed E-state index contributed by atoms with van der Waals surface area (Å²) in [6.45, 7) is 5.49. The van der Waals surface area contributed by atoms with E-state index >= 15 is 0 Å². The second-order valence-electron chi connectivity index (χ2n) is 4.86. The molecule has 0 radical (unpaired) electrons. The molecule has 1 rings (SSSR count). The van der Waals surface area contributed by atoms with Crippen molar-refractivity contribution < 1.29 is 5.21 Å². The van der Waals surface area contributed by atoms with Crippen LogP contribution in [0.1, 0.15) is 32.4 Å². The van der Waals surface area contributed by atoms with Gasteiger partial charge in [0.05, 0.1) is 5.69 Å². The van der Waals surface area contributed by atoms with Gasteiger partial charge in [0.1, 0.15) is 5.84 Å². The molecule has 0 unspecified atom stereocenters. The van der Waals surface area contributed by atoms with Gasteiger partial charge in [0.25, 0.3) is 0 Å². The summed E-state index contributed by atoms with van der Waals surface area (Å²) in [5.41, 5.74) is 6.27. The van der Waals surface area contributed by atoms with E-state index in [2.05, 4.69) is 20.7 Å². The zero-order valence-corrected chi connectivity index (χ0v) is 10.9. The number of oxime groups is 1. The van der Waals surface area contributed by atoms with Gasteiger partial charge in [-0.3, -0.25) is 0 Å². The summed E-state index contributed by atoms with van der Waals surface area (Å²) >= 11 is 0. The molecule has 0 saturated heterocycles. The summed E-state index contributed by atoms with van der Waals surface area (Å²) in [4.78, 5) is 0. The predicted octanol–water partition coefficient (Wildman–Crippen LogP) is 1.12. The van der Waals surface area contributed by atoms with Crippen LogP contribution < -0.4 is 11.1 Å². The van der Waals surface area contributed by atoms with Crippen LogP contribution in [0.2, 0.25) is 0 Å². The van der Waals surface area contributed by atoms with E-state index in [0.29, 0.717) is 6.54 Å². The Hall–Kier alpha value is -1.69. The van der Waals surface area contributed by atoms with Gasteiger partial charge in [-0.2, -0.15) is 10.2 Å². The van der Waals surface area contributed by atoms with Crippen molar-refractivity contribution in [3.8, 4) is 0 Å². The van der Waals surface area contributed by atoms with Gasteiger partial charge in [0, 0.05) is 18.2 Å². The van der Waals surface area contributed by atoms with Crippen LogP contribution in [0.25, 0.3) is 0 Å². The predicted molar refractivity (Wildman–Crippen MR) is 70.2 cm³/mol. The fraction of sp³-hybridized carbons (Fsp3) is 0.583. The molecule has 0 aliphatic carbocycles. The van der Waals surface area contributed by atoms with Crippen molar-refractivity contribution in [1.82, 2.24) is 15.5 Å². The number of amidine groups is 1. The normalized spacial score (nSPS) is 12.7. The molecule has 4 N–H and O–H groups in total. The summed E-state index contributed by atoms with van der Waals surface area (Å²) in [6, 6.07) is 3.80. The monoisotopic (exact) mass is 251 g/mol. The molecule has 0 bridgehead atoms. The van der Waals surface area contributed by atoms with Gasteiger partial charge in [-0.15, -0.1) is 0 Å². The number of rotatable bonds is 7. The van der Waals surface area contributed by atoms with Gasteiger partial charge in [-0.1, -0.05) is 19.0 Å². The van der Waals surface area contributed by atoms with Crippen LogP contribution in [0.3, 0.4) is 0 Å². The van der Waals surface area contributed by atoms with Crippen molar-refractivity contribution in [2.24, 2.45) is 16.3 Å². The minimum atomic E-state index is -0.275. The Labute approximate surface area is 107 Å². The highest BCUT2D eigenvalue weighted by molar-refractivity contribution is 5.85. The molecule has 0 saturated carbocycles. The zero-order valence-electron chi connectivity index (χ0n) is 10.9. The lowest BCUT2D eigenvalue weighted by atomic mass is 9.86. The number of aromatic nitrogens is 2. The first-order chi connectivity index (χ1) is 8.56. The number of hydrogen-bond acceptors (Lipinski definition) is 5. The van der Waals surface area contributed by atoms with Crippen molar-refractivity contribution in [1.29, 1.82) is 0 Å². The van der Waals surface area contributed by atoms with Gasteiger partial charge >= 0.3 is 0 Å². The lowest BCUT2D eigenvalue weighted by molar-refractivity contribution is 0.304. The smallest absolute Gasteiger partial charge is 0.144 e. The highest BCUT2D eigenvalue weighted by Gasteiger charge is 2.22. The van der Waals surface area contributed by atoms with Gasteiger partial charge in [0.15, 0.2) is 0 Å². The Morgan fingerprint density at radius 3 is 2.94 bits per heavy atom. The molecular weight excluding hydrogens is 230 g/mol. The van der Waals surface area contributed by atoms with Crippen molar-refractivity contribution in [2.75, 3.05) is 6.54 Å². The minimum absolute atomic E-state index is 0.274. The first-order valence-corrected chi connectivity index (χ1v) is 6.01. The summed E-state index contributed by atoms with van der Waals surface area (Å²) in [7, 11) is 0. The van der Waals surface area contributed by atoms with Crippen LogP contribution in [0.4, 0.5) is 0 Å². The molecule has 0 aliphatic heterocycles.